The van der Waals surface area contributed by atoms with Crippen LogP contribution in [0.3, 0.4) is 0 Å². The fourth-order valence-corrected chi connectivity index (χ4v) is 3.64. The number of nitrogens with zero attached hydrogens (tertiary/aromatic N) is 3. The van der Waals surface area contributed by atoms with Gasteiger partial charge in [-0.1, -0.05) is 11.6 Å². The van der Waals surface area contributed by atoms with Crippen LogP contribution in [0, 0.1) is 0 Å². The summed E-state index contributed by atoms with van der Waals surface area (Å²) in [6.07, 6.45) is 8.98. The van der Waals surface area contributed by atoms with Crippen LogP contribution in [0.1, 0.15) is 50.3 Å². The summed E-state index contributed by atoms with van der Waals surface area (Å²) in [6.45, 7) is 4.05. The number of fused-ring (bicyclic) bond motifs is 1. The van der Waals surface area contributed by atoms with E-state index >= 15 is 0 Å². The molecule has 0 aromatic carbocycles. The standard InChI is InChI=1S/C19H28N4O2/c1-14(19(25)20-10-8-15-6-4-3-5-7-15)23-11-9-17-16(13-23)12-18(24)22(2)21-17/h6,12,14H,3-5,7-11,13H2,1-2H3,(H,20,25)/t14-/m1/s1. The molecule has 2 heterocycles. The summed E-state index contributed by atoms with van der Waals surface area (Å²) in [4.78, 5) is 26.4. The Bertz CT molecular complexity index is 723. The molecule has 1 aliphatic heterocycles. The van der Waals surface area contributed by atoms with E-state index in [1.165, 1.54) is 35.9 Å². The van der Waals surface area contributed by atoms with Gasteiger partial charge in [0, 0.05) is 39.2 Å². The van der Waals surface area contributed by atoms with Crippen molar-refractivity contribution in [3.63, 3.8) is 0 Å². The summed E-state index contributed by atoms with van der Waals surface area (Å²) in [5.74, 6) is 0.0663. The molecule has 0 saturated carbocycles. The highest BCUT2D eigenvalue weighted by Crippen LogP contribution is 2.20. The van der Waals surface area contributed by atoms with Crippen molar-refractivity contribution < 1.29 is 4.79 Å². The Balaban J connectivity index is 1.53. The zero-order chi connectivity index (χ0) is 17.8. The fourth-order valence-electron chi connectivity index (χ4n) is 3.64. The fraction of sp³-hybridized carbons (Fsp3) is 0.632. The summed E-state index contributed by atoms with van der Waals surface area (Å²) < 4.78 is 1.38. The minimum absolute atomic E-state index is 0.0663. The quantitative estimate of drug-likeness (QED) is 0.823. The second-order valence-electron chi connectivity index (χ2n) is 7.12. The van der Waals surface area contributed by atoms with Crippen molar-refractivity contribution in [2.24, 2.45) is 7.05 Å². The lowest BCUT2D eigenvalue weighted by molar-refractivity contribution is -0.126. The number of carbonyl (C=O) groups is 1. The van der Waals surface area contributed by atoms with E-state index in [9.17, 15) is 9.59 Å². The second kappa shape index (κ2) is 7.95. The molecule has 3 rings (SSSR count). The molecule has 6 heteroatoms. The number of hydrogen-bond donors (Lipinski definition) is 1. The monoisotopic (exact) mass is 344 g/mol. The lowest BCUT2D eigenvalue weighted by atomic mass is 9.97. The van der Waals surface area contributed by atoms with Crippen LogP contribution in [0.5, 0.6) is 0 Å². The lowest BCUT2D eigenvalue weighted by Gasteiger charge is -2.32. The molecule has 1 aliphatic carbocycles. The summed E-state index contributed by atoms with van der Waals surface area (Å²) in [7, 11) is 1.67. The van der Waals surface area contributed by atoms with Gasteiger partial charge in [-0.15, -0.1) is 0 Å². The van der Waals surface area contributed by atoms with Gasteiger partial charge >= 0.3 is 0 Å². The van der Waals surface area contributed by atoms with Crippen LogP contribution >= 0.6 is 0 Å². The van der Waals surface area contributed by atoms with Crippen molar-refractivity contribution in [2.45, 2.75) is 58.0 Å². The van der Waals surface area contributed by atoms with Crippen LogP contribution in [0.25, 0.3) is 0 Å². The Hall–Kier alpha value is -1.95. The Labute approximate surface area is 148 Å². The minimum atomic E-state index is -0.197. The zero-order valence-electron chi connectivity index (χ0n) is 15.3. The largest absolute Gasteiger partial charge is 0.354 e. The van der Waals surface area contributed by atoms with Crippen molar-refractivity contribution in [1.29, 1.82) is 0 Å². The summed E-state index contributed by atoms with van der Waals surface area (Å²) >= 11 is 0. The topological polar surface area (TPSA) is 67.2 Å². The van der Waals surface area contributed by atoms with Crippen molar-refractivity contribution in [3.05, 3.63) is 39.3 Å². The van der Waals surface area contributed by atoms with Crippen LogP contribution in [0.15, 0.2) is 22.5 Å². The van der Waals surface area contributed by atoms with Gasteiger partial charge in [-0.2, -0.15) is 5.10 Å². The third-order valence-corrected chi connectivity index (χ3v) is 5.32. The van der Waals surface area contributed by atoms with Crippen molar-refractivity contribution in [1.82, 2.24) is 20.0 Å². The number of aromatic nitrogens is 2. The van der Waals surface area contributed by atoms with Crippen molar-refractivity contribution in [3.8, 4) is 0 Å². The molecular formula is C19H28N4O2. The molecule has 25 heavy (non-hydrogen) atoms. The van der Waals surface area contributed by atoms with E-state index in [4.69, 9.17) is 0 Å². The first-order chi connectivity index (χ1) is 12.0. The van der Waals surface area contributed by atoms with E-state index in [2.05, 4.69) is 21.4 Å². The minimum Gasteiger partial charge on any atom is -0.354 e. The van der Waals surface area contributed by atoms with Gasteiger partial charge in [0.1, 0.15) is 0 Å². The first-order valence-corrected chi connectivity index (χ1v) is 9.30. The average Bonchev–Trinajstić information content (AvgIpc) is 2.62. The average molecular weight is 344 g/mol. The molecule has 0 spiro atoms. The van der Waals surface area contributed by atoms with Gasteiger partial charge in [-0.3, -0.25) is 14.5 Å². The number of rotatable bonds is 5. The molecule has 6 nitrogen and oxygen atoms in total. The van der Waals surface area contributed by atoms with Crippen LogP contribution in [0.4, 0.5) is 0 Å². The summed E-state index contributed by atoms with van der Waals surface area (Å²) in [5, 5.41) is 7.39. The molecule has 1 N–H and O–H groups in total. The number of nitrogens with one attached hydrogen (secondary N) is 1. The molecule has 1 atom stereocenters. The zero-order valence-corrected chi connectivity index (χ0v) is 15.3. The van der Waals surface area contributed by atoms with Gasteiger partial charge in [-0.25, -0.2) is 4.68 Å². The number of hydrogen-bond acceptors (Lipinski definition) is 4. The predicted molar refractivity (Wildman–Crippen MR) is 97.2 cm³/mol. The van der Waals surface area contributed by atoms with Crippen molar-refractivity contribution >= 4 is 5.91 Å². The van der Waals surface area contributed by atoms with Gasteiger partial charge in [0.25, 0.3) is 5.56 Å². The summed E-state index contributed by atoms with van der Waals surface area (Å²) in [5.41, 5.74) is 3.29. The molecule has 0 saturated heterocycles. The van der Waals surface area contributed by atoms with Crippen LogP contribution in [0.2, 0.25) is 0 Å². The molecule has 0 radical (unpaired) electrons. The molecule has 136 valence electrons. The number of aryl methyl sites for hydroxylation is 1. The molecule has 0 bridgehead atoms. The van der Waals surface area contributed by atoms with Crippen LogP contribution in [-0.4, -0.2) is 39.7 Å². The van der Waals surface area contributed by atoms with E-state index < -0.39 is 0 Å². The SMILES string of the molecule is C[C@H](C(=O)NCCC1=CCCCC1)N1CCc2nn(C)c(=O)cc2C1. The van der Waals surface area contributed by atoms with Crippen molar-refractivity contribution in [2.75, 3.05) is 13.1 Å². The molecule has 1 aromatic heterocycles. The van der Waals surface area contributed by atoms with Gasteiger partial charge < -0.3 is 5.32 Å². The molecular weight excluding hydrogens is 316 g/mol. The Kier molecular flexibility index (Phi) is 5.68. The Morgan fingerprint density at radius 3 is 2.96 bits per heavy atom. The molecule has 0 unspecified atom stereocenters. The maximum Gasteiger partial charge on any atom is 0.266 e. The van der Waals surface area contributed by atoms with E-state index in [1.807, 2.05) is 6.92 Å². The highest BCUT2D eigenvalue weighted by Gasteiger charge is 2.26. The van der Waals surface area contributed by atoms with Crippen LogP contribution < -0.4 is 10.9 Å². The van der Waals surface area contributed by atoms with E-state index in [1.54, 1.807) is 13.1 Å². The maximum absolute atomic E-state index is 12.5. The maximum atomic E-state index is 12.5. The number of carbonyl (C=O) groups excluding carboxylic acids is 1. The summed E-state index contributed by atoms with van der Waals surface area (Å²) in [6, 6.07) is 1.45. The van der Waals surface area contributed by atoms with E-state index in [0.29, 0.717) is 13.1 Å². The molecule has 2 aliphatic rings. The third kappa shape index (κ3) is 4.37. The Morgan fingerprint density at radius 1 is 1.36 bits per heavy atom. The number of allylic oxidation sites excluding steroid dienone is 1. The molecule has 1 aromatic rings. The first-order valence-electron chi connectivity index (χ1n) is 9.30. The van der Waals surface area contributed by atoms with Gasteiger partial charge in [-0.05, 0) is 44.6 Å². The van der Waals surface area contributed by atoms with Gasteiger partial charge in [0.15, 0.2) is 0 Å². The molecule has 1 amide bonds. The van der Waals surface area contributed by atoms with Gasteiger partial charge in [0.2, 0.25) is 5.91 Å². The lowest BCUT2D eigenvalue weighted by Crippen LogP contribution is -2.47. The molecule has 0 fully saturated rings. The smallest absolute Gasteiger partial charge is 0.266 e. The first kappa shape index (κ1) is 17.9. The number of amides is 1. The highest BCUT2D eigenvalue weighted by atomic mass is 16.2. The Morgan fingerprint density at radius 2 is 2.20 bits per heavy atom. The normalized spacial score (nSPS) is 19.0. The van der Waals surface area contributed by atoms with E-state index in [-0.39, 0.29) is 17.5 Å². The highest BCUT2D eigenvalue weighted by molar-refractivity contribution is 5.81. The second-order valence-corrected chi connectivity index (χ2v) is 7.12. The van der Waals surface area contributed by atoms with E-state index in [0.717, 1.165) is 30.6 Å². The van der Waals surface area contributed by atoms with Crippen LogP contribution in [-0.2, 0) is 24.8 Å². The van der Waals surface area contributed by atoms with Gasteiger partial charge in [0.05, 0.1) is 11.7 Å². The predicted octanol–water partition coefficient (Wildman–Crippen LogP) is 1.53. The third-order valence-electron chi connectivity index (χ3n) is 5.32.